The van der Waals surface area contributed by atoms with Gasteiger partial charge in [-0.3, -0.25) is 23.3 Å². The minimum Gasteiger partial charge on any atom is -0.368 e. The molecule has 0 fully saturated rings. The van der Waals surface area contributed by atoms with Crippen LogP contribution in [-0.4, -0.2) is 0 Å². The number of hydrogen-bond donors (Lipinski definition) is 0. The third-order valence-corrected chi connectivity index (χ3v) is 10.2. The van der Waals surface area contributed by atoms with Crippen LogP contribution < -0.4 is 0 Å². The fourth-order valence-corrected chi connectivity index (χ4v) is 7.05. The quantitative estimate of drug-likeness (QED) is 0.146. The Bertz CT molecular complexity index is 3110. The normalized spacial score (nSPS) is 8.34. The van der Waals surface area contributed by atoms with E-state index < -0.39 is 0 Å². The predicted molar refractivity (Wildman–Crippen MR) is 321 cm³/mol. The fraction of sp³-hybridized carbons (Fsp3) is 0.162. The zero-order valence-electron chi connectivity index (χ0n) is 50.8. The van der Waals surface area contributed by atoms with Crippen LogP contribution in [0.4, 0.5) is 0 Å². The first-order valence-corrected chi connectivity index (χ1v) is 26.2. The largest absolute Gasteiger partial charge is 0.368 e. The van der Waals surface area contributed by atoms with Gasteiger partial charge in [0.2, 0.25) is 0 Å². The van der Waals surface area contributed by atoms with Gasteiger partial charge in [-0.2, -0.15) is 71.8 Å². The smallest absolute Gasteiger partial charge is 0 e. The summed E-state index contributed by atoms with van der Waals surface area (Å²) in [4.78, 5) is 0. The molecule has 0 N–H and O–H groups in total. The SMILES string of the molecule is CC.CC.CC.CC.CC.CC.[Y].[Y].[Y].[Y].[Y].[Y].[Y].[Y].[Y].[c-]1cc(-c2[c-]c3ccccc3cc2)[c-]cc1-c1[c-]cccc1.[c-]1ccccc1-c1[c-]c[c-]c(-c2[c-]ccc3ccccc23)c1.[c-]1ccccc1-c1[c-]c[c-]c(-c2[c-]cccc2)c1. The molecule has 0 aromatic heterocycles. The molecule has 0 aliphatic rings. The molecule has 11 rings (SSSR count). The maximum Gasteiger partial charge on any atom is 0 e. The minimum atomic E-state index is 0. The number of hydrogen-bond acceptors (Lipinski definition) is 0. The van der Waals surface area contributed by atoms with Crippen molar-refractivity contribution in [2.24, 2.45) is 0 Å². The molecule has 0 bridgehead atoms. The van der Waals surface area contributed by atoms with E-state index in [1.807, 2.05) is 223 Å². The monoisotopic (exact) mass is 1760 g/mol. The Morgan fingerprint density at radius 2 is 0.578 bits per heavy atom. The van der Waals surface area contributed by atoms with Crippen LogP contribution in [0.3, 0.4) is 0 Å². The summed E-state index contributed by atoms with van der Waals surface area (Å²) < 4.78 is 0. The van der Waals surface area contributed by atoms with Crippen molar-refractivity contribution in [3.05, 3.63) is 279 Å². The summed E-state index contributed by atoms with van der Waals surface area (Å²) in [6.07, 6.45) is 0. The van der Waals surface area contributed by atoms with Gasteiger partial charge in [0.1, 0.15) is 0 Å². The molecule has 83 heavy (non-hydrogen) atoms. The second kappa shape index (κ2) is 62.7. The van der Waals surface area contributed by atoms with E-state index in [-0.39, 0.29) is 294 Å². The Kier molecular flexibility index (Phi) is 74.3. The average Bonchev–Trinajstić information content (AvgIpc) is 3.53. The van der Waals surface area contributed by atoms with Gasteiger partial charge in [0.15, 0.2) is 0 Å². The Balaban J connectivity index is -0.000000183. The van der Waals surface area contributed by atoms with Gasteiger partial charge in [0.05, 0.1) is 0 Å². The average molecular weight is 1760 g/mol. The van der Waals surface area contributed by atoms with Gasteiger partial charge in [-0.15, -0.1) is 95.0 Å². The molecule has 0 aliphatic heterocycles. The molecule has 9 heteroatoms. The van der Waals surface area contributed by atoms with Crippen molar-refractivity contribution in [3.8, 4) is 66.8 Å². The van der Waals surface area contributed by atoms with Gasteiger partial charge >= 0.3 is 0 Å². The van der Waals surface area contributed by atoms with E-state index in [1.165, 1.54) is 16.2 Å². The Hall–Kier alpha value is 1.88. The van der Waals surface area contributed by atoms with E-state index in [0.29, 0.717) is 0 Å². The standard InChI is InChI=1S/2C22H12.C18H10.6C2H6.9Y/c1-2-8-17(9-3-1)19-12-6-13-20(16-19)22-15-7-11-18-10-4-5-14-21(18)22;1-2-6-17(7-3-1)19-10-12-20(13-11-19)22-15-14-18-8-4-5-9-21(18)16-22;1-3-8-15(9-4-1)17-12-7-13-18(14-17)16-10-5-2-6-11-16;6*1-2;;;;;;;;;/h1-8,10-11,14,16H;1-6,8-10,13-15H;1-8,10,14H;6*1-2H3;;;;;;;;;/q3*-4;;;;;;;;;;;;;;;. The molecule has 11 aromatic carbocycles. The third-order valence-electron chi connectivity index (χ3n) is 10.2. The molecule has 0 aliphatic carbocycles. The number of fused-ring (bicyclic) bond motifs is 2. The van der Waals surface area contributed by atoms with Gasteiger partial charge < -0.3 is 58.7 Å². The molecule has 0 nitrogen and oxygen atoms in total. The van der Waals surface area contributed by atoms with Crippen molar-refractivity contribution in [2.45, 2.75) is 83.1 Å². The minimum absolute atomic E-state index is 0. The van der Waals surface area contributed by atoms with Crippen LogP contribution in [0.15, 0.2) is 206 Å². The number of rotatable bonds is 6. The summed E-state index contributed by atoms with van der Waals surface area (Å²) in [7, 11) is 0. The van der Waals surface area contributed by atoms with Crippen molar-refractivity contribution in [1.82, 2.24) is 0 Å². The van der Waals surface area contributed by atoms with E-state index in [0.717, 1.165) is 72.1 Å². The molecule has 0 heterocycles. The van der Waals surface area contributed by atoms with Gasteiger partial charge in [0, 0.05) is 294 Å². The summed E-state index contributed by atoms with van der Waals surface area (Å²) in [5, 5.41) is 4.72. The Morgan fingerprint density at radius 3 is 0.988 bits per heavy atom. The summed E-state index contributed by atoms with van der Waals surface area (Å²) >= 11 is 0. The molecule has 0 spiro atoms. The van der Waals surface area contributed by atoms with Crippen LogP contribution in [0.25, 0.3) is 88.3 Å². The van der Waals surface area contributed by atoms with E-state index in [9.17, 15) is 0 Å². The topological polar surface area (TPSA) is 0 Å². The van der Waals surface area contributed by atoms with Crippen molar-refractivity contribution in [2.75, 3.05) is 0 Å². The second-order valence-electron chi connectivity index (χ2n) is 14.2. The molecular weight excluding hydrogens is 1690 g/mol. The van der Waals surface area contributed by atoms with Crippen LogP contribution in [0.5, 0.6) is 0 Å². The van der Waals surface area contributed by atoms with Crippen molar-refractivity contribution in [1.29, 1.82) is 0 Å². The maximum atomic E-state index is 3.44. The Labute approximate surface area is 730 Å². The maximum absolute atomic E-state index is 3.44. The molecule has 405 valence electrons. The van der Waals surface area contributed by atoms with E-state index in [4.69, 9.17) is 0 Å². The molecule has 0 unspecified atom stereocenters. The predicted octanol–water partition coefficient (Wildman–Crippen LogP) is 21.1. The molecule has 0 saturated carbocycles. The van der Waals surface area contributed by atoms with Crippen molar-refractivity contribution >= 4 is 21.5 Å². The van der Waals surface area contributed by atoms with Crippen LogP contribution >= 0.6 is 0 Å². The summed E-state index contributed by atoms with van der Waals surface area (Å²) in [5.41, 5.74) is 12.4. The second-order valence-corrected chi connectivity index (χ2v) is 14.2. The Morgan fingerprint density at radius 1 is 0.229 bits per heavy atom. The molecular formula is C74H70Y9-12. The zero-order chi connectivity index (χ0) is 53.8. The summed E-state index contributed by atoms with van der Waals surface area (Å²) in [6.45, 7) is 24.0. The fourth-order valence-electron chi connectivity index (χ4n) is 7.05. The third kappa shape index (κ3) is 33.9. The number of benzene rings is 11. The van der Waals surface area contributed by atoms with Gasteiger partial charge in [0.25, 0.3) is 0 Å². The van der Waals surface area contributed by atoms with Gasteiger partial charge in [-0.1, -0.05) is 131 Å². The molecule has 0 saturated heterocycles. The van der Waals surface area contributed by atoms with E-state index in [1.54, 1.807) is 0 Å². The molecule has 11 aromatic rings. The van der Waals surface area contributed by atoms with E-state index in [2.05, 4.69) is 140 Å². The molecule has 0 atom stereocenters. The van der Waals surface area contributed by atoms with Crippen LogP contribution in [0, 0.1) is 72.8 Å². The summed E-state index contributed by atoms with van der Waals surface area (Å²) in [6, 6.07) is 108. The van der Waals surface area contributed by atoms with Crippen LogP contribution in [0.2, 0.25) is 0 Å². The molecule has 0 amide bonds. The van der Waals surface area contributed by atoms with Crippen molar-refractivity contribution < 1.29 is 294 Å². The summed E-state index contributed by atoms with van der Waals surface area (Å²) in [5.74, 6) is 0. The van der Waals surface area contributed by atoms with Gasteiger partial charge in [-0.05, 0) is 0 Å². The first-order chi connectivity index (χ1) is 36.7. The first-order valence-electron chi connectivity index (χ1n) is 26.2. The van der Waals surface area contributed by atoms with Crippen LogP contribution in [0.1, 0.15) is 83.1 Å². The van der Waals surface area contributed by atoms with Gasteiger partial charge in [-0.25, -0.2) is 70.8 Å². The van der Waals surface area contributed by atoms with Crippen molar-refractivity contribution in [3.63, 3.8) is 0 Å². The first kappa shape index (κ1) is 98.5. The zero-order valence-corrected chi connectivity index (χ0v) is 76.4. The molecule has 9 radical (unpaired) electrons. The van der Waals surface area contributed by atoms with Crippen LogP contribution in [-0.2, 0) is 294 Å². The van der Waals surface area contributed by atoms with E-state index >= 15 is 0 Å².